The van der Waals surface area contributed by atoms with Gasteiger partial charge >= 0.3 is 6.18 Å². The number of aromatic nitrogens is 4. The molecule has 9 nitrogen and oxygen atoms in total. The Bertz CT molecular complexity index is 1880. The topological polar surface area (TPSA) is 105 Å². The molecule has 3 aromatic carbocycles. The number of aryl methyl sites for hydroxylation is 2. The fourth-order valence-corrected chi connectivity index (χ4v) is 4.34. The zero-order chi connectivity index (χ0) is 30.2. The lowest BCUT2D eigenvalue weighted by Crippen LogP contribution is -2.22. The molecule has 5 rings (SSSR count). The number of benzene rings is 3. The number of halogens is 3. The average Bonchev–Trinajstić information content (AvgIpc) is 2.96. The number of alkyl halides is 3. The smallest absolute Gasteiger partial charge is 0.378 e. The van der Waals surface area contributed by atoms with Crippen LogP contribution in [0.1, 0.15) is 21.5 Å². The predicted octanol–water partition coefficient (Wildman–Crippen LogP) is 5.78. The molecule has 0 radical (unpaired) electrons. The van der Waals surface area contributed by atoms with E-state index in [-0.39, 0.29) is 16.9 Å². The van der Waals surface area contributed by atoms with Crippen molar-refractivity contribution in [3.05, 3.63) is 100.0 Å². The summed E-state index contributed by atoms with van der Waals surface area (Å²) in [5.74, 6) is -0.432. The molecular weight excluding hydrogens is 547 g/mol. The lowest BCUT2D eigenvalue weighted by molar-refractivity contribution is -0.137. The molecule has 0 aliphatic rings. The minimum atomic E-state index is -4.58. The number of hydrogen-bond donors (Lipinski definition) is 2. The Morgan fingerprint density at radius 2 is 1.71 bits per heavy atom. The molecule has 5 aromatic rings. The molecule has 2 aromatic heterocycles. The van der Waals surface area contributed by atoms with Gasteiger partial charge in [-0.05, 0) is 61.0 Å². The largest absolute Gasteiger partial charge is 0.416 e. The summed E-state index contributed by atoms with van der Waals surface area (Å²) in [6.45, 7) is 1.78. The molecular formula is C30H26F3N7O2. The monoisotopic (exact) mass is 573 g/mol. The lowest BCUT2D eigenvalue weighted by Gasteiger charge is -2.14. The Kier molecular flexibility index (Phi) is 7.38. The minimum absolute atomic E-state index is 0.112. The van der Waals surface area contributed by atoms with Gasteiger partial charge in [-0.25, -0.2) is 9.97 Å². The lowest BCUT2D eigenvalue weighted by atomic mass is 10.0. The number of hydrogen-bond acceptors (Lipinski definition) is 7. The maximum atomic E-state index is 13.4. The van der Waals surface area contributed by atoms with Crippen molar-refractivity contribution in [3.8, 4) is 11.3 Å². The van der Waals surface area contributed by atoms with Crippen LogP contribution in [0.5, 0.6) is 0 Å². The third kappa shape index (κ3) is 5.78. The van der Waals surface area contributed by atoms with Crippen LogP contribution in [-0.4, -0.2) is 39.5 Å². The van der Waals surface area contributed by atoms with Crippen molar-refractivity contribution in [1.82, 2.24) is 19.5 Å². The van der Waals surface area contributed by atoms with Gasteiger partial charge in [0.05, 0.1) is 11.8 Å². The highest BCUT2D eigenvalue weighted by Gasteiger charge is 2.31. The highest BCUT2D eigenvalue weighted by Crippen LogP contribution is 2.30. The van der Waals surface area contributed by atoms with Gasteiger partial charge in [-0.2, -0.15) is 18.2 Å². The molecule has 0 fully saturated rings. The summed E-state index contributed by atoms with van der Waals surface area (Å²) in [4.78, 5) is 41.6. The van der Waals surface area contributed by atoms with E-state index in [0.29, 0.717) is 28.2 Å². The zero-order valence-electron chi connectivity index (χ0n) is 23.1. The van der Waals surface area contributed by atoms with Crippen LogP contribution in [0.15, 0.2) is 77.7 Å². The van der Waals surface area contributed by atoms with Crippen LogP contribution < -0.4 is 21.1 Å². The van der Waals surface area contributed by atoms with E-state index in [2.05, 4.69) is 25.6 Å². The Labute approximate surface area is 238 Å². The van der Waals surface area contributed by atoms with Gasteiger partial charge < -0.3 is 15.5 Å². The highest BCUT2D eigenvalue weighted by molar-refractivity contribution is 6.04. The van der Waals surface area contributed by atoms with Gasteiger partial charge in [0.15, 0.2) is 5.65 Å². The van der Waals surface area contributed by atoms with E-state index < -0.39 is 23.2 Å². The Balaban J connectivity index is 1.46. The van der Waals surface area contributed by atoms with E-state index in [0.717, 1.165) is 23.5 Å². The predicted molar refractivity (Wildman–Crippen MR) is 156 cm³/mol. The molecule has 0 unspecified atom stereocenters. The average molecular weight is 574 g/mol. The fourth-order valence-electron chi connectivity index (χ4n) is 4.34. The van der Waals surface area contributed by atoms with Crippen LogP contribution in [0.2, 0.25) is 0 Å². The quantitative estimate of drug-likeness (QED) is 0.265. The Morgan fingerprint density at radius 1 is 0.952 bits per heavy atom. The van der Waals surface area contributed by atoms with Crippen molar-refractivity contribution in [2.75, 3.05) is 29.6 Å². The molecule has 214 valence electrons. The SMILES string of the molecule is Cc1ccc(NC(=O)c2cccc(C(F)(F)F)c2)cc1-c1nc2cnc(Nc3cccc(N(C)C)c3)nc2n(C)c1=O. The van der Waals surface area contributed by atoms with Crippen LogP contribution in [0.25, 0.3) is 22.4 Å². The number of amides is 1. The van der Waals surface area contributed by atoms with Crippen LogP contribution >= 0.6 is 0 Å². The molecule has 0 aliphatic heterocycles. The molecule has 0 saturated heterocycles. The second kappa shape index (κ2) is 11.0. The number of carbonyl (C=O) groups is 1. The minimum Gasteiger partial charge on any atom is -0.378 e. The number of fused-ring (bicyclic) bond motifs is 1. The van der Waals surface area contributed by atoms with Crippen LogP contribution in [0, 0.1) is 6.92 Å². The standard InChI is InChI=1S/C30H26F3N7O2/c1-17-11-12-21(35-27(41)18-7-5-8-19(13-18)30(31,32)33)15-23(17)25-28(42)40(4)26-24(37-25)16-34-29(38-26)36-20-9-6-10-22(14-20)39(2)3/h5-16H,1-4H3,(H,35,41)(H,34,36,38). The van der Waals surface area contributed by atoms with Gasteiger partial charge in [-0.3, -0.25) is 14.2 Å². The van der Waals surface area contributed by atoms with Crippen LogP contribution in [0.3, 0.4) is 0 Å². The third-order valence-corrected chi connectivity index (χ3v) is 6.63. The van der Waals surface area contributed by atoms with E-state index in [1.165, 1.54) is 22.9 Å². The summed E-state index contributed by atoms with van der Waals surface area (Å²) in [5.41, 5.74) is 2.50. The van der Waals surface area contributed by atoms with Gasteiger partial charge in [0.25, 0.3) is 11.5 Å². The number of rotatable bonds is 6. The molecule has 2 heterocycles. The second-order valence-corrected chi connectivity index (χ2v) is 9.86. The van der Waals surface area contributed by atoms with Gasteiger partial charge in [-0.15, -0.1) is 0 Å². The zero-order valence-corrected chi connectivity index (χ0v) is 23.1. The maximum Gasteiger partial charge on any atom is 0.416 e. The number of nitrogens with zero attached hydrogens (tertiary/aromatic N) is 5. The van der Waals surface area contributed by atoms with Gasteiger partial charge in [0.1, 0.15) is 11.2 Å². The molecule has 0 saturated carbocycles. The summed E-state index contributed by atoms with van der Waals surface area (Å²) in [6, 6.07) is 16.7. The van der Waals surface area contributed by atoms with E-state index in [9.17, 15) is 22.8 Å². The Hall–Kier alpha value is -5.26. The molecule has 12 heteroatoms. The van der Waals surface area contributed by atoms with Crippen molar-refractivity contribution in [2.24, 2.45) is 7.05 Å². The first-order chi connectivity index (χ1) is 19.9. The Morgan fingerprint density at radius 3 is 2.45 bits per heavy atom. The van der Waals surface area contributed by atoms with E-state index >= 15 is 0 Å². The normalized spacial score (nSPS) is 11.4. The highest BCUT2D eigenvalue weighted by atomic mass is 19.4. The first-order valence-electron chi connectivity index (χ1n) is 12.8. The van der Waals surface area contributed by atoms with Crippen molar-refractivity contribution < 1.29 is 18.0 Å². The number of nitrogens with one attached hydrogen (secondary N) is 2. The van der Waals surface area contributed by atoms with E-state index in [4.69, 9.17) is 0 Å². The van der Waals surface area contributed by atoms with Gasteiger partial charge in [0.2, 0.25) is 5.95 Å². The summed E-state index contributed by atoms with van der Waals surface area (Å²) in [6.07, 6.45) is -3.06. The molecule has 2 N–H and O–H groups in total. The van der Waals surface area contributed by atoms with Crippen molar-refractivity contribution >= 4 is 40.1 Å². The first kappa shape index (κ1) is 28.3. The summed E-state index contributed by atoms with van der Waals surface area (Å²) >= 11 is 0. The van der Waals surface area contributed by atoms with Crippen molar-refractivity contribution in [2.45, 2.75) is 13.1 Å². The molecule has 0 atom stereocenters. The second-order valence-electron chi connectivity index (χ2n) is 9.86. The maximum absolute atomic E-state index is 13.4. The first-order valence-corrected chi connectivity index (χ1v) is 12.8. The van der Waals surface area contributed by atoms with E-state index in [1.54, 1.807) is 32.2 Å². The number of anilines is 4. The summed E-state index contributed by atoms with van der Waals surface area (Å²) in [5, 5.41) is 5.76. The van der Waals surface area contributed by atoms with Gasteiger partial charge in [0, 0.05) is 49.3 Å². The fraction of sp³-hybridized carbons (Fsp3) is 0.167. The van der Waals surface area contributed by atoms with Crippen molar-refractivity contribution in [1.29, 1.82) is 0 Å². The van der Waals surface area contributed by atoms with Crippen molar-refractivity contribution in [3.63, 3.8) is 0 Å². The third-order valence-electron chi connectivity index (χ3n) is 6.63. The summed E-state index contributed by atoms with van der Waals surface area (Å²) in [7, 11) is 5.45. The van der Waals surface area contributed by atoms with E-state index in [1.807, 2.05) is 43.3 Å². The molecule has 42 heavy (non-hydrogen) atoms. The van der Waals surface area contributed by atoms with Crippen LogP contribution in [-0.2, 0) is 13.2 Å². The van der Waals surface area contributed by atoms with Crippen LogP contribution in [0.4, 0.5) is 36.2 Å². The molecule has 0 bridgehead atoms. The molecule has 0 aliphatic carbocycles. The summed E-state index contributed by atoms with van der Waals surface area (Å²) < 4.78 is 40.7. The molecule has 1 amide bonds. The molecule has 0 spiro atoms. The van der Waals surface area contributed by atoms with Gasteiger partial charge in [-0.1, -0.05) is 18.2 Å². The number of carbonyl (C=O) groups excluding carboxylic acids is 1.